The van der Waals surface area contributed by atoms with Crippen molar-refractivity contribution in [2.45, 2.75) is 152 Å². The number of allylic oxidation sites excluding steroid dienone is 1. The van der Waals surface area contributed by atoms with Crippen LogP contribution < -0.4 is 5.32 Å². The monoisotopic (exact) mass is 720 g/mol. The third kappa shape index (κ3) is 6.30. The summed E-state index contributed by atoms with van der Waals surface area (Å²) in [4.78, 5) is 48.1. The van der Waals surface area contributed by atoms with Gasteiger partial charge in [-0.15, -0.1) is 0 Å². The molecule has 4 aliphatic heterocycles. The van der Waals surface area contributed by atoms with Gasteiger partial charge >= 0.3 is 11.9 Å². The number of hydroxylamine groups is 2. The van der Waals surface area contributed by atoms with Gasteiger partial charge in [-0.25, -0.2) is 0 Å². The molecule has 4 saturated heterocycles. The quantitative estimate of drug-likeness (QED) is 0.239. The van der Waals surface area contributed by atoms with Gasteiger partial charge in [-0.05, 0) is 89.2 Å². The number of carbonyl (C=O) groups excluding carboxylic acids is 3. The van der Waals surface area contributed by atoms with E-state index in [0.29, 0.717) is 18.1 Å². The van der Waals surface area contributed by atoms with Crippen molar-refractivity contribution in [3.8, 4) is 0 Å². The summed E-state index contributed by atoms with van der Waals surface area (Å²) in [5.41, 5.74) is 0.00172. The van der Waals surface area contributed by atoms with E-state index in [9.17, 15) is 19.5 Å². The molecule has 282 valence electrons. The number of aliphatic hydroxyl groups is 1. The minimum atomic E-state index is -1.36. The normalized spacial score (nSPS) is 38.0. The first-order chi connectivity index (χ1) is 25.0. The number of benzene rings is 1. The van der Waals surface area contributed by atoms with E-state index < -0.39 is 71.1 Å². The molecule has 52 heavy (non-hydrogen) atoms. The van der Waals surface area contributed by atoms with Gasteiger partial charge in [-0.2, -0.15) is 5.06 Å². The second-order valence-electron chi connectivity index (χ2n) is 17.5. The molecule has 0 radical (unpaired) electrons. The molecule has 12 nitrogen and oxygen atoms in total. The van der Waals surface area contributed by atoms with Gasteiger partial charge in [0, 0.05) is 24.7 Å². The van der Waals surface area contributed by atoms with E-state index in [1.54, 1.807) is 25.8 Å². The largest absolute Gasteiger partial charge is 0.460 e. The molecule has 4 heterocycles. The zero-order valence-corrected chi connectivity index (χ0v) is 30.4. The van der Waals surface area contributed by atoms with Gasteiger partial charge in [0.05, 0.1) is 31.4 Å². The van der Waals surface area contributed by atoms with Crippen LogP contribution in [0, 0.1) is 23.2 Å². The van der Waals surface area contributed by atoms with Crippen molar-refractivity contribution in [3.05, 3.63) is 41.5 Å². The number of carbonyl (C=O) groups is 3. The number of rotatable bonds is 12. The van der Waals surface area contributed by atoms with Crippen LogP contribution in [-0.2, 0) is 49.5 Å². The van der Waals surface area contributed by atoms with Crippen molar-refractivity contribution in [1.82, 2.24) is 10.4 Å². The standard InChI is InChI=1S/C40H52N2O10/c1-38(2,3)49-31(44)17-15-27(21-43)41-37(46)39-19-30-32-33(51-40(50-32,25-11-12-25)26-13-14-26)35(39)52-42(34(39)36(45)48-30)20-24-8-5-22(6-9-24)4-7-23-10-16-28-29(18-23)47-28/h4-9,23,25-30,32-35,43H,10-21H2,1-3H3,(H,41,46)/t23?,27-,28?,29?,30+,32-,33-,34-,35+,39-/m0/s1. The summed E-state index contributed by atoms with van der Waals surface area (Å²) in [6.45, 7) is 5.25. The van der Waals surface area contributed by atoms with Crippen molar-refractivity contribution in [3.63, 3.8) is 0 Å². The number of aliphatic hydroxyl groups excluding tert-OH is 1. The molecular weight excluding hydrogens is 668 g/mol. The molecule has 0 aromatic heterocycles. The fourth-order valence-electron chi connectivity index (χ4n) is 9.65. The highest BCUT2D eigenvalue weighted by molar-refractivity contribution is 5.93. The fraction of sp³-hybridized carbons (Fsp3) is 0.725. The van der Waals surface area contributed by atoms with Gasteiger partial charge in [-0.3, -0.25) is 19.2 Å². The molecule has 2 N–H and O–H groups in total. The summed E-state index contributed by atoms with van der Waals surface area (Å²) in [6, 6.07) is 6.40. The zero-order valence-electron chi connectivity index (χ0n) is 30.4. The highest BCUT2D eigenvalue weighted by Gasteiger charge is 2.78. The maximum Gasteiger partial charge on any atom is 0.327 e. The first kappa shape index (κ1) is 34.9. The lowest BCUT2D eigenvalue weighted by Gasteiger charge is -2.49. The lowest BCUT2D eigenvalue weighted by molar-refractivity contribution is -0.235. The number of hydrogen-bond donors (Lipinski definition) is 2. The number of hydrogen-bond acceptors (Lipinski definition) is 11. The van der Waals surface area contributed by atoms with E-state index in [1.807, 2.05) is 12.1 Å². The Kier molecular flexibility index (Phi) is 8.63. The third-order valence-electron chi connectivity index (χ3n) is 12.5. The van der Waals surface area contributed by atoms with Gasteiger partial charge in [-0.1, -0.05) is 36.4 Å². The summed E-state index contributed by atoms with van der Waals surface area (Å²) in [7, 11) is 0. The van der Waals surface area contributed by atoms with Crippen molar-refractivity contribution in [2.75, 3.05) is 6.61 Å². The van der Waals surface area contributed by atoms with Crippen LogP contribution in [0.2, 0.25) is 0 Å². The van der Waals surface area contributed by atoms with E-state index in [1.165, 1.54) is 0 Å². The summed E-state index contributed by atoms with van der Waals surface area (Å²) >= 11 is 0. The van der Waals surface area contributed by atoms with E-state index in [-0.39, 0.29) is 44.2 Å². The Morgan fingerprint density at radius 2 is 1.75 bits per heavy atom. The SMILES string of the molecule is CC(C)(C)OC(=O)CC[C@@H](CO)NC(=O)[C@@]12C[C@H]3OC(=O)[C@@H]1N(Cc1ccc(C=CC4CCC5OC5C4)cc1)O[C@@H]2[C@H]1OC(C2CC2)(C2CC2)O[C@H]13. The van der Waals surface area contributed by atoms with Crippen LogP contribution in [-0.4, -0.2) is 94.7 Å². The molecule has 1 aromatic rings. The van der Waals surface area contributed by atoms with E-state index in [4.69, 9.17) is 28.5 Å². The Hall–Kier alpha value is -2.87. The van der Waals surface area contributed by atoms with Crippen LogP contribution in [0.5, 0.6) is 0 Å². The molecule has 4 aliphatic carbocycles. The first-order valence-corrected chi connectivity index (χ1v) is 19.5. The van der Waals surface area contributed by atoms with Gasteiger partial charge in [0.25, 0.3) is 0 Å². The van der Waals surface area contributed by atoms with E-state index in [0.717, 1.165) is 56.1 Å². The Bertz CT molecular complexity index is 1590. The van der Waals surface area contributed by atoms with Crippen LogP contribution in [0.25, 0.3) is 6.08 Å². The molecule has 0 spiro atoms. The van der Waals surface area contributed by atoms with Crippen LogP contribution in [0.1, 0.15) is 96.1 Å². The average molecular weight is 721 g/mol. The summed E-state index contributed by atoms with van der Waals surface area (Å²) in [5.74, 6) is -1.04. The van der Waals surface area contributed by atoms with Gasteiger partial charge in [0.2, 0.25) is 5.91 Å². The zero-order chi connectivity index (χ0) is 36.0. The second kappa shape index (κ2) is 12.9. The van der Waals surface area contributed by atoms with Crippen molar-refractivity contribution in [2.24, 2.45) is 23.2 Å². The second-order valence-corrected chi connectivity index (χ2v) is 17.5. The lowest BCUT2D eigenvalue weighted by Crippen LogP contribution is -2.70. The van der Waals surface area contributed by atoms with Crippen molar-refractivity contribution in [1.29, 1.82) is 0 Å². The first-order valence-electron chi connectivity index (χ1n) is 19.5. The van der Waals surface area contributed by atoms with Crippen LogP contribution in [0.3, 0.4) is 0 Å². The van der Waals surface area contributed by atoms with Crippen LogP contribution >= 0.6 is 0 Å². The molecule has 1 aromatic carbocycles. The van der Waals surface area contributed by atoms with Gasteiger partial charge in [0.1, 0.15) is 35.4 Å². The summed E-state index contributed by atoms with van der Waals surface area (Å²) < 4.78 is 31.1. The molecule has 8 fully saturated rings. The Labute approximate surface area is 304 Å². The Morgan fingerprint density at radius 3 is 2.42 bits per heavy atom. The summed E-state index contributed by atoms with van der Waals surface area (Å²) in [5, 5.41) is 15.0. The van der Waals surface area contributed by atoms with E-state index in [2.05, 4.69) is 29.6 Å². The van der Waals surface area contributed by atoms with Gasteiger partial charge < -0.3 is 34.1 Å². The predicted molar refractivity (Wildman–Crippen MR) is 185 cm³/mol. The fourth-order valence-corrected chi connectivity index (χ4v) is 9.65. The third-order valence-corrected chi connectivity index (χ3v) is 12.5. The minimum Gasteiger partial charge on any atom is -0.460 e. The molecule has 10 atom stereocenters. The number of fused-ring (bicyclic) bond motifs is 5. The van der Waals surface area contributed by atoms with Gasteiger partial charge in [0.15, 0.2) is 11.8 Å². The Morgan fingerprint density at radius 1 is 1.02 bits per heavy atom. The number of epoxide rings is 1. The maximum atomic E-state index is 14.7. The van der Waals surface area contributed by atoms with E-state index >= 15 is 0 Å². The molecule has 8 aliphatic rings. The van der Waals surface area contributed by atoms with Crippen LogP contribution in [0.4, 0.5) is 0 Å². The predicted octanol–water partition coefficient (Wildman–Crippen LogP) is 3.97. The molecule has 2 bridgehead atoms. The maximum absolute atomic E-state index is 14.7. The topological polar surface area (TPSA) is 145 Å². The smallest absolute Gasteiger partial charge is 0.327 e. The highest BCUT2D eigenvalue weighted by Crippen LogP contribution is 2.63. The molecular formula is C40H52N2O10. The minimum absolute atomic E-state index is 0.0180. The molecule has 12 heteroatoms. The van der Waals surface area contributed by atoms with Crippen molar-refractivity contribution >= 4 is 23.9 Å². The molecule has 1 amide bonds. The Balaban J connectivity index is 0.967. The van der Waals surface area contributed by atoms with Crippen molar-refractivity contribution < 1.29 is 48.0 Å². The highest BCUT2D eigenvalue weighted by atomic mass is 16.8. The average Bonchev–Trinajstić information content (AvgIpc) is 4.00. The molecule has 9 rings (SSSR count). The summed E-state index contributed by atoms with van der Waals surface area (Å²) in [6.07, 6.45) is 10.5. The van der Waals surface area contributed by atoms with Crippen LogP contribution in [0.15, 0.2) is 30.3 Å². The number of ether oxygens (including phenoxy) is 5. The number of nitrogens with zero attached hydrogens (tertiary/aromatic N) is 1. The molecule has 4 saturated carbocycles. The number of nitrogens with one attached hydrogen (secondary N) is 1. The number of esters is 2. The molecule has 3 unspecified atom stereocenters. The number of amides is 1. The lowest BCUT2D eigenvalue weighted by atomic mass is 9.62.